The van der Waals surface area contributed by atoms with Crippen molar-refractivity contribution in [1.29, 1.82) is 5.26 Å². The highest BCUT2D eigenvalue weighted by molar-refractivity contribution is 5.82. The average Bonchev–Trinajstić information content (AvgIpc) is 2.33. The van der Waals surface area contributed by atoms with Gasteiger partial charge in [0.1, 0.15) is 5.78 Å². The van der Waals surface area contributed by atoms with Gasteiger partial charge in [-0.2, -0.15) is 5.26 Å². The molecule has 1 atom stereocenters. The molecule has 2 rings (SSSR count). The highest BCUT2D eigenvalue weighted by Gasteiger charge is 2.23. The molecule has 1 aliphatic heterocycles. The van der Waals surface area contributed by atoms with Crippen LogP contribution < -0.4 is 0 Å². The third-order valence-corrected chi connectivity index (χ3v) is 2.87. The summed E-state index contributed by atoms with van der Waals surface area (Å²) < 4.78 is 5.29. The molecule has 0 radical (unpaired) electrons. The van der Waals surface area contributed by atoms with Crippen molar-refractivity contribution in [2.75, 3.05) is 13.2 Å². The van der Waals surface area contributed by atoms with Crippen molar-refractivity contribution < 1.29 is 9.53 Å². The molecule has 1 unspecified atom stereocenters. The lowest BCUT2D eigenvalue weighted by atomic mass is 9.91. The van der Waals surface area contributed by atoms with Gasteiger partial charge in [-0.3, -0.25) is 4.79 Å². The van der Waals surface area contributed by atoms with Crippen molar-refractivity contribution in [3.63, 3.8) is 0 Å². The fraction of sp³-hybridized carbons (Fsp3) is 0.385. The predicted molar refractivity (Wildman–Crippen MR) is 58.8 cm³/mol. The minimum absolute atomic E-state index is 0.0803. The Balaban J connectivity index is 2.14. The molecule has 0 spiro atoms. The molecule has 1 aromatic carbocycles. The second kappa shape index (κ2) is 4.91. The van der Waals surface area contributed by atoms with Crippen molar-refractivity contribution >= 4 is 5.78 Å². The first kappa shape index (κ1) is 10.8. The summed E-state index contributed by atoms with van der Waals surface area (Å²) in [5.74, 6) is 0.169. The normalized spacial score (nSPS) is 20.4. The second-order valence-electron chi connectivity index (χ2n) is 3.96. The van der Waals surface area contributed by atoms with Crippen molar-refractivity contribution in [3.05, 3.63) is 35.4 Å². The molecule has 0 saturated carbocycles. The molecule has 16 heavy (non-hydrogen) atoms. The third kappa shape index (κ3) is 2.29. The number of ketones is 1. The van der Waals surface area contributed by atoms with Crippen molar-refractivity contribution in [2.45, 2.75) is 12.8 Å². The molecule has 0 bridgehead atoms. The average molecular weight is 215 g/mol. The lowest BCUT2D eigenvalue weighted by Gasteiger charge is -2.21. The van der Waals surface area contributed by atoms with Gasteiger partial charge in [0.25, 0.3) is 0 Å². The van der Waals surface area contributed by atoms with E-state index in [4.69, 9.17) is 10.00 Å². The number of carbonyl (C=O) groups excluding carboxylic acids is 1. The van der Waals surface area contributed by atoms with Gasteiger partial charge in [-0.1, -0.05) is 18.2 Å². The van der Waals surface area contributed by atoms with Crippen molar-refractivity contribution in [1.82, 2.24) is 0 Å². The number of Topliss-reactive ketones (excluding diaryl/α,β-unsaturated/α-hetero) is 1. The van der Waals surface area contributed by atoms with E-state index in [1.54, 1.807) is 6.07 Å². The summed E-state index contributed by atoms with van der Waals surface area (Å²) in [5, 5.41) is 8.95. The molecule has 1 fully saturated rings. The van der Waals surface area contributed by atoms with Crippen LogP contribution in [0.1, 0.15) is 17.5 Å². The summed E-state index contributed by atoms with van der Waals surface area (Å²) in [7, 11) is 0. The van der Waals surface area contributed by atoms with Gasteiger partial charge in [-0.25, -0.2) is 0 Å². The number of rotatable bonds is 2. The summed E-state index contributed by atoms with van der Waals surface area (Å²) in [6.07, 6.45) is 1.11. The zero-order chi connectivity index (χ0) is 11.4. The second-order valence-corrected chi connectivity index (χ2v) is 3.96. The Morgan fingerprint density at radius 1 is 1.44 bits per heavy atom. The molecule has 0 aliphatic carbocycles. The number of benzene rings is 1. The minimum Gasteiger partial charge on any atom is -0.380 e. The number of hydrogen-bond donors (Lipinski definition) is 0. The topological polar surface area (TPSA) is 50.1 Å². The summed E-state index contributed by atoms with van der Waals surface area (Å²) in [6, 6.07) is 9.56. The van der Waals surface area contributed by atoms with Crippen LogP contribution >= 0.6 is 0 Å². The van der Waals surface area contributed by atoms with Gasteiger partial charge >= 0.3 is 0 Å². The van der Waals surface area contributed by atoms with Crippen LogP contribution in [0.4, 0.5) is 0 Å². The minimum atomic E-state index is -0.0803. The summed E-state index contributed by atoms with van der Waals surface area (Å²) in [5.41, 5.74) is 1.59. The lowest BCUT2D eigenvalue weighted by molar-refractivity contribution is -0.130. The van der Waals surface area contributed by atoms with Crippen LogP contribution in [0.25, 0.3) is 0 Å². The molecule has 1 heterocycles. The molecule has 3 heteroatoms. The Bertz CT molecular complexity index is 434. The van der Waals surface area contributed by atoms with Gasteiger partial charge in [-0.05, 0) is 18.1 Å². The van der Waals surface area contributed by atoms with E-state index in [1.807, 2.05) is 18.2 Å². The van der Waals surface area contributed by atoms with E-state index < -0.39 is 0 Å². The predicted octanol–water partition coefficient (Wildman–Crippen LogP) is 1.71. The van der Waals surface area contributed by atoms with Crippen LogP contribution in [-0.2, 0) is 16.0 Å². The summed E-state index contributed by atoms with van der Waals surface area (Å²) >= 11 is 0. The molecule has 0 N–H and O–H groups in total. The number of carbonyl (C=O) groups is 1. The Kier molecular flexibility index (Phi) is 3.33. The largest absolute Gasteiger partial charge is 0.380 e. The van der Waals surface area contributed by atoms with E-state index in [0.29, 0.717) is 31.6 Å². The first-order valence-electron chi connectivity index (χ1n) is 5.39. The molecule has 0 aromatic heterocycles. The van der Waals surface area contributed by atoms with Crippen LogP contribution in [0.2, 0.25) is 0 Å². The Hall–Kier alpha value is -1.66. The molecule has 1 aromatic rings. The smallest absolute Gasteiger partial charge is 0.140 e. The zero-order valence-electron chi connectivity index (χ0n) is 8.98. The van der Waals surface area contributed by atoms with Gasteiger partial charge in [0, 0.05) is 12.3 Å². The highest BCUT2D eigenvalue weighted by atomic mass is 16.5. The zero-order valence-corrected chi connectivity index (χ0v) is 8.98. The quantitative estimate of drug-likeness (QED) is 0.754. The Morgan fingerprint density at radius 3 is 3.00 bits per heavy atom. The van der Waals surface area contributed by atoms with Crippen molar-refractivity contribution in [3.8, 4) is 6.07 Å². The van der Waals surface area contributed by atoms with Gasteiger partial charge in [0.2, 0.25) is 0 Å². The lowest BCUT2D eigenvalue weighted by Crippen LogP contribution is -2.29. The van der Waals surface area contributed by atoms with Gasteiger partial charge < -0.3 is 4.74 Å². The number of hydrogen-bond acceptors (Lipinski definition) is 3. The summed E-state index contributed by atoms with van der Waals surface area (Å²) in [6.45, 7) is 1.02. The number of ether oxygens (including phenoxy) is 1. The van der Waals surface area contributed by atoms with Gasteiger partial charge in [0.05, 0.1) is 24.8 Å². The molecule has 0 amide bonds. The fourth-order valence-electron chi connectivity index (χ4n) is 1.94. The SMILES string of the molecule is N#Cc1ccccc1CC1COCCC1=O. The molecule has 82 valence electrons. The van der Waals surface area contributed by atoms with Crippen LogP contribution in [-0.4, -0.2) is 19.0 Å². The maximum absolute atomic E-state index is 11.6. The maximum Gasteiger partial charge on any atom is 0.140 e. The van der Waals surface area contributed by atoms with Gasteiger partial charge in [-0.15, -0.1) is 0 Å². The monoisotopic (exact) mass is 215 g/mol. The Labute approximate surface area is 94.6 Å². The number of nitriles is 1. The first-order chi connectivity index (χ1) is 7.81. The molecule has 3 nitrogen and oxygen atoms in total. The number of nitrogens with zero attached hydrogens (tertiary/aromatic N) is 1. The van der Waals surface area contributed by atoms with Crippen LogP contribution in [0, 0.1) is 17.2 Å². The van der Waals surface area contributed by atoms with Gasteiger partial charge in [0.15, 0.2) is 0 Å². The maximum atomic E-state index is 11.6. The Morgan fingerprint density at radius 2 is 2.25 bits per heavy atom. The van der Waals surface area contributed by atoms with E-state index in [2.05, 4.69) is 6.07 Å². The summed E-state index contributed by atoms with van der Waals surface area (Å²) in [4.78, 5) is 11.6. The van der Waals surface area contributed by atoms with Crippen LogP contribution in [0.3, 0.4) is 0 Å². The molecular weight excluding hydrogens is 202 g/mol. The van der Waals surface area contributed by atoms with E-state index in [9.17, 15) is 4.79 Å². The fourth-order valence-corrected chi connectivity index (χ4v) is 1.94. The molecule has 1 aliphatic rings. The molecule has 1 saturated heterocycles. The third-order valence-electron chi connectivity index (χ3n) is 2.87. The van der Waals surface area contributed by atoms with E-state index in [1.165, 1.54) is 0 Å². The highest BCUT2D eigenvalue weighted by Crippen LogP contribution is 2.18. The van der Waals surface area contributed by atoms with Crippen LogP contribution in [0.5, 0.6) is 0 Å². The van der Waals surface area contributed by atoms with E-state index >= 15 is 0 Å². The van der Waals surface area contributed by atoms with E-state index in [0.717, 1.165) is 5.56 Å². The standard InChI is InChI=1S/C13H13NO2/c14-8-11-4-2-1-3-10(11)7-12-9-16-6-5-13(12)15/h1-4,12H,5-7,9H2. The van der Waals surface area contributed by atoms with Crippen LogP contribution in [0.15, 0.2) is 24.3 Å². The first-order valence-corrected chi connectivity index (χ1v) is 5.39. The molecular formula is C13H13NO2. The van der Waals surface area contributed by atoms with Crippen molar-refractivity contribution in [2.24, 2.45) is 5.92 Å². The van der Waals surface area contributed by atoms with E-state index in [-0.39, 0.29) is 11.7 Å².